The molecule has 0 bridgehead atoms. The van der Waals surface area contributed by atoms with Crippen LogP contribution in [0, 0.1) is 0 Å². The van der Waals surface area contributed by atoms with Crippen LogP contribution in [0.25, 0.3) is 0 Å². The molecule has 0 aliphatic carbocycles. The van der Waals surface area contributed by atoms with Gasteiger partial charge in [-0.15, -0.1) is 0 Å². The van der Waals surface area contributed by atoms with Crippen molar-refractivity contribution < 1.29 is 8.42 Å². The van der Waals surface area contributed by atoms with Crippen molar-refractivity contribution in [1.82, 2.24) is 9.78 Å². The Morgan fingerprint density at radius 2 is 2.20 bits per heavy atom. The third-order valence-corrected chi connectivity index (χ3v) is 4.83. The molecule has 0 spiro atoms. The van der Waals surface area contributed by atoms with Crippen LogP contribution in [-0.4, -0.2) is 24.7 Å². The first-order chi connectivity index (χ1) is 9.58. The lowest BCUT2D eigenvalue weighted by Gasteiger charge is -2.21. The van der Waals surface area contributed by atoms with Crippen LogP contribution >= 0.6 is 0 Å². The van der Waals surface area contributed by atoms with Crippen molar-refractivity contribution in [3.8, 4) is 0 Å². The minimum Gasteiger partial charge on any atom is -0.385 e. The predicted octanol–water partition coefficient (Wildman–Crippen LogP) is 1.58. The summed E-state index contributed by atoms with van der Waals surface area (Å²) in [5.41, 5.74) is 2.65. The molecule has 0 amide bonds. The average Bonchev–Trinajstić information content (AvgIpc) is 2.86. The van der Waals surface area contributed by atoms with Gasteiger partial charge >= 0.3 is 0 Å². The second-order valence-corrected chi connectivity index (χ2v) is 6.39. The molecule has 0 saturated carbocycles. The third-order valence-electron chi connectivity index (χ3n) is 3.39. The fourth-order valence-corrected chi connectivity index (χ4v) is 3.65. The van der Waals surface area contributed by atoms with Crippen LogP contribution in [0.4, 0.5) is 11.4 Å². The van der Waals surface area contributed by atoms with E-state index < -0.39 is 10.0 Å². The minimum absolute atomic E-state index is 0.152. The van der Waals surface area contributed by atoms with Gasteiger partial charge in [0, 0.05) is 19.3 Å². The Bertz CT molecular complexity index is 737. The molecule has 2 N–H and O–H groups in total. The molecule has 2 heterocycles. The van der Waals surface area contributed by atoms with Crippen LogP contribution in [0.2, 0.25) is 0 Å². The van der Waals surface area contributed by atoms with E-state index >= 15 is 0 Å². The van der Waals surface area contributed by atoms with Gasteiger partial charge < -0.3 is 5.32 Å². The zero-order chi connectivity index (χ0) is 14.2. The van der Waals surface area contributed by atoms with E-state index in [1.54, 1.807) is 13.1 Å². The Hall–Kier alpha value is -2.02. The Morgan fingerprint density at radius 3 is 2.95 bits per heavy atom. The van der Waals surface area contributed by atoms with Crippen molar-refractivity contribution in [2.45, 2.75) is 17.9 Å². The van der Waals surface area contributed by atoms with Gasteiger partial charge in [-0.25, -0.2) is 0 Å². The molecule has 1 aromatic heterocycles. The summed E-state index contributed by atoms with van der Waals surface area (Å²) in [6.07, 6.45) is 3.33. The second-order valence-electron chi connectivity index (χ2n) is 4.76. The lowest BCUT2D eigenvalue weighted by atomic mass is 10.0. The van der Waals surface area contributed by atoms with Gasteiger partial charge in [0.2, 0.25) is 0 Å². The first-order valence-electron chi connectivity index (χ1n) is 6.44. The number of fused-ring (bicyclic) bond motifs is 1. The number of hydrogen-bond acceptors (Lipinski definition) is 4. The summed E-state index contributed by atoms with van der Waals surface area (Å²) in [5, 5.41) is 7.33. The van der Waals surface area contributed by atoms with Crippen molar-refractivity contribution in [1.29, 1.82) is 0 Å². The zero-order valence-corrected chi connectivity index (χ0v) is 11.9. The highest BCUT2D eigenvalue weighted by molar-refractivity contribution is 7.92. The maximum absolute atomic E-state index is 12.4. The number of rotatable bonds is 3. The van der Waals surface area contributed by atoms with Crippen LogP contribution in [0.5, 0.6) is 0 Å². The molecule has 1 aliphatic rings. The first kappa shape index (κ1) is 13.0. The summed E-state index contributed by atoms with van der Waals surface area (Å²) >= 11 is 0. The van der Waals surface area contributed by atoms with Gasteiger partial charge in [0.1, 0.15) is 0 Å². The van der Waals surface area contributed by atoms with E-state index in [4.69, 9.17) is 0 Å². The third kappa shape index (κ3) is 2.24. The highest BCUT2D eigenvalue weighted by Crippen LogP contribution is 2.30. The lowest BCUT2D eigenvalue weighted by molar-refractivity contribution is 0.582. The number of aryl methyl sites for hydroxylation is 1. The Morgan fingerprint density at radius 1 is 1.35 bits per heavy atom. The summed E-state index contributed by atoms with van der Waals surface area (Å²) in [7, 11) is -2.00. The van der Waals surface area contributed by atoms with E-state index in [0.29, 0.717) is 5.69 Å². The Kier molecular flexibility index (Phi) is 3.13. The van der Waals surface area contributed by atoms with Gasteiger partial charge in [0.05, 0.1) is 11.9 Å². The number of sulfonamides is 1. The molecule has 0 unspecified atom stereocenters. The molecule has 1 aliphatic heterocycles. The molecule has 0 fully saturated rings. The predicted molar refractivity (Wildman–Crippen MR) is 77.3 cm³/mol. The van der Waals surface area contributed by atoms with Gasteiger partial charge in [0.15, 0.2) is 5.03 Å². The standard InChI is InChI=1S/C13H16N4O2S/c1-17-13(7-9-15-17)20(18,19)16-12-6-2-5-11-10(12)4-3-8-14-11/h2,5-7,9,14,16H,3-4,8H2,1H3. The van der Waals surface area contributed by atoms with E-state index in [0.717, 1.165) is 30.6 Å². The number of anilines is 2. The average molecular weight is 292 g/mol. The summed E-state index contributed by atoms with van der Waals surface area (Å²) < 4.78 is 28.8. The summed E-state index contributed by atoms with van der Waals surface area (Å²) in [5.74, 6) is 0. The number of hydrogen-bond donors (Lipinski definition) is 2. The van der Waals surface area contributed by atoms with Crippen LogP contribution in [0.3, 0.4) is 0 Å². The monoisotopic (exact) mass is 292 g/mol. The van der Waals surface area contributed by atoms with Crippen molar-refractivity contribution in [2.24, 2.45) is 7.05 Å². The zero-order valence-electron chi connectivity index (χ0n) is 11.1. The number of aromatic nitrogens is 2. The molecule has 1 aromatic carbocycles. The Balaban J connectivity index is 1.98. The maximum Gasteiger partial charge on any atom is 0.279 e. The molecule has 0 radical (unpaired) electrons. The van der Waals surface area contributed by atoms with Gasteiger partial charge in [-0.2, -0.15) is 13.5 Å². The first-order valence-corrected chi connectivity index (χ1v) is 7.93. The SMILES string of the molecule is Cn1nccc1S(=O)(=O)Nc1cccc2c1CCCN2. The fraction of sp³-hybridized carbons (Fsp3) is 0.308. The largest absolute Gasteiger partial charge is 0.385 e. The van der Waals surface area contributed by atoms with Crippen LogP contribution in [0.15, 0.2) is 35.5 Å². The minimum atomic E-state index is -3.61. The molecule has 3 rings (SSSR count). The topological polar surface area (TPSA) is 76.0 Å². The maximum atomic E-state index is 12.4. The molecular formula is C13H16N4O2S. The van der Waals surface area contributed by atoms with Crippen molar-refractivity contribution >= 4 is 21.4 Å². The molecule has 7 heteroatoms. The van der Waals surface area contributed by atoms with Crippen molar-refractivity contribution in [3.63, 3.8) is 0 Å². The van der Waals surface area contributed by atoms with Gasteiger partial charge in [0.25, 0.3) is 10.0 Å². The van der Waals surface area contributed by atoms with E-state index in [1.807, 2.05) is 12.1 Å². The highest BCUT2D eigenvalue weighted by Gasteiger charge is 2.21. The van der Waals surface area contributed by atoms with Gasteiger partial charge in [-0.3, -0.25) is 9.40 Å². The van der Waals surface area contributed by atoms with Crippen LogP contribution in [0.1, 0.15) is 12.0 Å². The molecular weight excluding hydrogens is 276 g/mol. The van der Waals surface area contributed by atoms with Gasteiger partial charge in [-0.1, -0.05) is 6.07 Å². The number of benzene rings is 1. The van der Waals surface area contributed by atoms with E-state index in [9.17, 15) is 8.42 Å². The molecule has 0 atom stereocenters. The number of nitrogens with one attached hydrogen (secondary N) is 2. The smallest absolute Gasteiger partial charge is 0.279 e. The molecule has 20 heavy (non-hydrogen) atoms. The highest BCUT2D eigenvalue weighted by atomic mass is 32.2. The van der Waals surface area contributed by atoms with E-state index in [2.05, 4.69) is 15.1 Å². The molecule has 0 saturated heterocycles. The normalized spacial score (nSPS) is 14.4. The van der Waals surface area contributed by atoms with Gasteiger partial charge in [-0.05, 0) is 36.6 Å². The van der Waals surface area contributed by atoms with E-state index in [1.165, 1.54) is 16.9 Å². The molecule has 2 aromatic rings. The molecule has 6 nitrogen and oxygen atoms in total. The second kappa shape index (κ2) is 4.82. The summed E-state index contributed by atoms with van der Waals surface area (Å²) in [6, 6.07) is 7.09. The summed E-state index contributed by atoms with van der Waals surface area (Å²) in [4.78, 5) is 0. The Labute approximate surface area is 117 Å². The lowest BCUT2D eigenvalue weighted by Crippen LogP contribution is -2.19. The van der Waals surface area contributed by atoms with Crippen LogP contribution in [-0.2, 0) is 23.5 Å². The van der Waals surface area contributed by atoms with Crippen LogP contribution < -0.4 is 10.0 Å². The van der Waals surface area contributed by atoms with E-state index in [-0.39, 0.29) is 5.03 Å². The van der Waals surface area contributed by atoms with Crippen molar-refractivity contribution in [3.05, 3.63) is 36.0 Å². The number of nitrogens with zero attached hydrogens (tertiary/aromatic N) is 2. The quantitative estimate of drug-likeness (QED) is 0.900. The summed E-state index contributed by atoms with van der Waals surface area (Å²) in [6.45, 7) is 0.922. The fourth-order valence-electron chi connectivity index (χ4n) is 2.43. The van der Waals surface area contributed by atoms with Crippen molar-refractivity contribution in [2.75, 3.05) is 16.6 Å². The molecule has 106 valence electrons.